The van der Waals surface area contributed by atoms with E-state index in [1.165, 1.54) is 33.4 Å². The summed E-state index contributed by atoms with van der Waals surface area (Å²) in [6.07, 6.45) is 4.30. The molecule has 310 valence electrons. The fourth-order valence-corrected chi connectivity index (χ4v) is 5.92. The highest BCUT2D eigenvalue weighted by molar-refractivity contribution is 5.69. The molecule has 7 aromatic carbocycles. The van der Waals surface area contributed by atoms with Crippen molar-refractivity contribution in [1.82, 2.24) is 0 Å². The van der Waals surface area contributed by atoms with Crippen molar-refractivity contribution in [2.75, 3.05) is 12.4 Å². The van der Waals surface area contributed by atoms with Crippen molar-refractivity contribution in [2.45, 2.75) is 79.1 Å². The van der Waals surface area contributed by atoms with Gasteiger partial charge in [-0.05, 0) is 118 Å². The van der Waals surface area contributed by atoms with Crippen molar-refractivity contribution in [3.8, 4) is 17.2 Å². The number of ether oxygens (including phenoxy) is 2. The van der Waals surface area contributed by atoms with Crippen molar-refractivity contribution in [3.63, 3.8) is 0 Å². The molecule has 0 saturated carbocycles. The molecule has 0 amide bonds. The monoisotopic (exact) mass is 796 g/mol. The topological polar surface area (TPSA) is 30.5 Å². The molecule has 3 nitrogen and oxygen atoms in total. The maximum atomic E-state index is 5.71. The Hall–Kier alpha value is -6.32. The minimum Gasteiger partial charge on any atom is -0.497 e. The predicted molar refractivity (Wildman–Crippen MR) is 260 cm³/mol. The minimum absolute atomic E-state index is 0.561. The van der Waals surface area contributed by atoms with E-state index in [9.17, 15) is 0 Å². The van der Waals surface area contributed by atoms with Gasteiger partial charge in [-0.2, -0.15) is 0 Å². The lowest BCUT2D eigenvalue weighted by Gasteiger charge is -2.09. The molecular formula is C57H65NO2. The van der Waals surface area contributed by atoms with E-state index in [1.807, 2.05) is 78.9 Å². The first kappa shape index (κ1) is 46.4. The number of hydrogen-bond acceptors (Lipinski definition) is 3. The molecule has 1 N–H and O–H groups in total. The number of para-hydroxylation sites is 2. The van der Waals surface area contributed by atoms with E-state index in [0.717, 1.165) is 28.6 Å². The highest BCUT2D eigenvalue weighted by Crippen LogP contribution is 2.24. The number of hydrogen-bond donors (Lipinski definition) is 1. The van der Waals surface area contributed by atoms with E-state index in [2.05, 4.69) is 182 Å². The van der Waals surface area contributed by atoms with Crippen LogP contribution >= 0.6 is 0 Å². The van der Waals surface area contributed by atoms with Crippen LogP contribution in [0.4, 0.5) is 11.4 Å². The van der Waals surface area contributed by atoms with Gasteiger partial charge in [-0.25, -0.2) is 0 Å². The summed E-state index contributed by atoms with van der Waals surface area (Å²) >= 11 is 0. The largest absolute Gasteiger partial charge is 0.497 e. The van der Waals surface area contributed by atoms with Gasteiger partial charge in [0.1, 0.15) is 17.2 Å². The maximum absolute atomic E-state index is 5.71. The normalized spacial score (nSPS) is 10.6. The van der Waals surface area contributed by atoms with E-state index in [4.69, 9.17) is 9.47 Å². The van der Waals surface area contributed by atoms with Gasteiger partial charge in [-0.1, -0.05) is 195 Å². The quantitative estimate of drug-likeness (QED) is 0.132. The highest BCUT2D eigenvalue weighted by atomic mass is 16.5. The lowest BCUT2D eigenvalue weighted by atomic mass is 10.0. The van der Waals surface area contributed by atoms with Gasteiger partial charge >= 0.3 is 0 Å². The average molecular weight is 796 g/mol. The van der Waals surface area contributed by atoms with E-state index in [0.29, 0.717) is 23.7 Å². The SMILES string of the molecule is CC(C)c1ccc(/C=C/c2ccccc2)cc1.CC(C)c1ccc(Nc2ccccc2)cc1.CC(C)c1ccc(Oc2ccccc2)cc1.COc1ccc(C(C)C)cc1. The summed E-state index contributed by atoms with van der Waals surface area (Å²) in [5.74, 6) is 5.03. The molecule has 0 bridgehead atoms. The predicted octanol–water partition coefficient (Wildman–Crippen LogP) is 17.0. The van der Waals surface area contributed by atoms with Crippen LogP contribution in [0.1, 0.15) is 112 Å². The molecule has 0 saturated heterocycles. The Labute approximate surface area is 361 Å². The van der Waals surface area contributed by atoms with E-state index in [-0.39, 0.29) is 0 Å². The second-order valence-corrected chi connectivity index (χ2v) is 15.9. The highest BCUT2D eigenvalue weighted by Gasteiger charge is 2.02. The van der Waals surface area contributed by atoms with Crippen LogP contribution in [0.3, 0.4) is 0 Å². The molecule has 0 heterocycles. The second-order valence-electron chi connectivity index (χ2n) is 15.9. The molecule has 0 aliphatic carbocycles. The maximum Gasteiger partial charge on any atom is 0.127 e. The summed E-state index contributed by atoms with van der Waals surface area (Å²) in [5, 5.41) is 3.37. The summed E-state index contributed by atoms with van der Waals surface area (Å²) in [6, 6.07) is 64.2. The molecule has 7 rings (SSSR count). The van der Waals surface area contributed by atoms with Crippen LogP contribution < -0.4 is 14.8 Å². The van der Waals surface area contributed by atoms with Crippen LogP contribution in [-0.2, 0) is 0 Å². The first-order chi connectivity index (χ1) is 29.0. The van der Waals surface area contributed by atoms with Crippen molar-refractivity contribution >= 4 is 23.5 Å². The third-order valence-corrected chi connectivity index (χ3v) is 9.82. The van der Waals surface area contributed by atoms with Crippen LogP contribution in [0, 0.1) is 0 Å². The summed E-state index contributed by atoms with van der Waals surface area (Å²) in [4.78, 5) is 0. The molecular weight excluding hydrogens is 731 g/mol. The van der Waals surface area contributed by atoms with Gasteiger partial charge in [-0.15, -0.1) is 0 Å². The van der Waals surface area contributed by atoms with Gasteiger partial charge < -0.3 is 14.8 Å². The Bertz CT molecular complexity index is 2100. The van der Waals surface area contributed by atoms with Gasteiger partial charge in [0, 0.05) is 11.4 Å². The second kappa shape index (κ2) is 25.2. The number of methoxy groups -OCH3 is 1. The van der Waals surface area contributed by atoms with Crippen molar-refractivity contribution in [1.29, 1.82) is 0 Å². The Morgan fingerprint density at radius 3 is 1.07 bits per heavy atom. The molecule has 0 fully saturated rings. The first-order valence-electron chi connectivity index (χ1n) is 21.2. The summed E-state index contributed by atoms with van der Waals surface area (Å²) in [7, 11) is 1.68. The lowest BCUT2D eigenvalue weighted by Crippen LogP contribution is -1.91. The smallest absolute Gasteiger partial charge is 0.127 e. The number of benzene rings is 7. The Morgan fingerprint density at radius 1 is 0.333 bits per heavy atom. The van der Waals surface area contributed by atoms with E-state index in [1.54, 1.807) is 7.11 Å². The molecule has 7 aromatic rings. The van der Waals surface area contributed by atoms with Crippen molar-refractivity contribution in [3.05, 3.63) is 221 Å². The third-order valence-electron chi connectivity index (χ3n) is 9.82. The molecule has 3 heteroatoms. The van der Waals surface area contributed by atoms with Crippen LogP contribution in [0.15, 0.2) is 188 Å². The van der Waals surface area contributed by atoms with Crippen LogP contribution in [0.25, 0.3) is 12.2 Å². The van der Waals surface area contributed by atoms with Gasteiger partial charge in [0.05, 0.1) is 7.11 Å². The summed E-state index contributed by atoms with van der Waals surface area (Å²) < 4.78 is 10.8. The standard InChI is InChI=1S/C17H18.C15H17N.C15H16O.C10H14O/c1-14(2)17-12-10-16(11-13-17)9-8-15-6-4-3-5-7-15;2*1-12(2)13-8-10-15(11-9-13)16-14-6-4-3-5-7-14;1-8(2)9-4-6-10(11-3)7-5-9/h3-14H,1-2H3;3-12,16H,1-2H3;3-12H,1-2H3;4-8H,1-3H3/b9-8+;;;. The number of nitrogens with one attached hydrogen (secondary N) is 1. The summed E-state index contributed by atoms with van der Waals surface area (Å²) in [6.45, 7) is 17.6. The summed E-state index contributed by atoms with van der Waals surface area (Å²) in [5.41, 5.74) is 10.2. The van der Waals surface area contributed by atoms with E-state index >= 15 is 0 Å². The zero-order chi connectivity index (χ0) is 43.1. The van der Waals surface area contributed by atoms with Crippen LogP contribution in [0.5, 0.6) is 17.2 Å². The van der Waals surface area contributed by atoms with Crippen molar-refractivity contribution < 1.29 is 9.47 Å². The van der Waals surface area contributed by atoms with Crippen LogP contribution in [-0.4, -0.2) is 7.11 Å². The molecule has 0 aromatic heterocycles. The zero-order valence-electron chi connectivity index (χ0n) is 37.2. The minimum atomic E-state index is 0.561. The fourth-order valence-electron chi connectivity index (χ4n) is 5.92. The Kier molecular flexibility index (Phi) is 19.5. The Morgan fingerprint density at radius 2 is 0.650 bits per heavy atom. The molecule has 0 radical (unpaired) electrons. The van der Waals surface area contributed by atoms with Gasteiger partial charge in [0.25, 0.3) is 0 Å². The fraction of sp³-hybridized carbons (Fsp3) is 0.228. The zero-order valence-corrected chi connectivity index (χ0v) is 37.2. The molecule has 0 spiro atoms. The third kappa shape index (κ3) is 16.9. The number of rotatable bonds is 11. The van der Waals surface area contributed by atoms with Crippen LogP contribution in [0.2, 0.25) is 0 Å². The molecule has 0 atom stereocenters. The Balaban J connectivity index is 0.000000178. The molecule has 0 aliphatic rings. The molecule has 0 unspecified atom stereocenters. The first-order valence-corrected chi connectivity index (χ1v) is 21.2. The lowest BCUT2D eigenvalue weighted by molar-refractivity contribution is 0.414. The average Bonchev–Trinajstić information content (AvgIpc) is 3.28. The van der Waals surface area contributed by atoms with Gasteiger partial charge in [0.2, 0.25) is 0 Å². The van der Waals surface area contributed by atoms with E-state index < -0.39 is 0 Å². The van der Waals surface area contributed by atoms with Gasteiger partial charge in [-0.3, -0.25) is 0 Å². The molecule has 0 aliphatic heterocycles. The molecule has 60 heavy (non-hydrogen) atoms. The number of anilines is 2. The van der Waals surface area contributed by atoms with Crippen molar-refractivity contribution in [2.24, 2.45) is 0 Å². The van der Waals surface area contributed by atoms with Gasteiger partial charge in [0.15, 0.2) is 0 Å².